The van der Waals surface area contributed by atoms with Gasteiger partial charge in [-0.3, -0.25) is 0 Å². The maximum atomic E-state index is 12.6. The smallest absolute Gasteiger partial charge is 0.410 e. The fourth-order valence-electron chi connectivity index (χ4n) is 3.28. The minimum Gasteiger partial charge on any atom is -0.444 e. The normalized spacial score (nSPS) is 22.5. The van der Waals surface area contributed by atoms with E-state index < -0.39 is 5.60 Å². The van der Waals surface area contributed by atoms with Crippen LogP contribution >= 0.6 is 0 Å². The maximum Gasteiger partial charge on any atom is 0.410 e. The number of hydrogen-bond donors (Lipinski definition) is 0. The molecule has 5 heteroatoms. The highest BCUT2D eigenvalue weighted by atomic mass is 19.1. The third-order valence-corrected chi connectivity index (χ3v) is 4.30. The Morgan fingerprint density at radius 1 is 1.36 bits per heavy atom. The van der Waals surface area contributed by atoms with Crippen LogP contribution in [-0.4, -0.2) is 43.4 Å². The van der Waals surface area contributed by atoms with Gasteiger partial charge in [0, 0.05) is 25.6 Å². The Bertz CT molecular complexity index is 474. The molecule has 0 spiro atoms. The van der Waals surface area contributed by atoms with Gasteiger partial charge in [-0.1, -0.05) is 12.2 Å². The molecular weight excluding hydrogens is 321 g/mol. The molecule has 0 saturated carbocycles. The van der Waals surface area contributed by atoms with Gasteiger partial charge in [0.05, 0.1) is 12.4 Å². The fraction of sp³-hybridized carbons (Fsp3) is 0.750. The number of carbonyl (C=O) groups excluding carboxylic acids is 1. The van der Waals surface area contributed by atoms with Crippen molar-refractivity contribution in [2.24, 2.45) is 5.41 Å². The molecule has 1 rings (SSSR count). The van der Waals surface area contributed by atoms with Gasteiger partial charge in [0.15, 0.2) is 0 Å². The van der Waals surface area contributed by atoms with Gasteiger partial charge >= 0.3 is 6.09 Å². The van der Waals surface area contributed by atoms with Crippen LogP contribution in [0.2, 0.25) is 0 Å². The molecule has 1 amide bonds. The highest BCUT2D eigenvalue weighted by Crippen LogP contribution is 2.36. The Hall–Kier alpha value is -1.36. The SMILES string of the molecule is COCC1(CCCC=CC=C(C)F)CCCN(C(=O)OC(C)(C)C)C1. The van der Waals surface area contributed by atoms with Gasteiger partial charge in [-0.25, -0.2) is 9.18 Å². The number of piperidine rings is 1. The highest BCUT2D eigenvalue weighted by molar-refractivity contribution is 5.68. The number of halogens is 1. The van der Waals surface area contributed by atoms with Gasteiger partial charge in [-0.05, 0) is 65.9 Å². The van der Waals surface area contributed by atoms with Crippen LogP contribution in [0.3, 0.4) is 0 Å². The van der Waals surface area contributed by atoms with E-state index in [1.54, 1.807) is 13.2 Å². The van der Waals surface area contributed by atoms with E-state index >= 15 is 0 Å². The van der Waals surface area contributed by atoms with Gasteiger partial charge in [0.25, 0.3) is 0 Å². The number of nitrogens with zero attached hydrogens (tertiary/aromatic N) is 1. The zero-order chi connectivity index (χ0) is 18.9. The first-order valence-electron chi connectivity index (χ1n) is 9.13. The molecular formula is C20H34FNO3. The lowest BCUT2D eigenvalue weighted by atomic mass is 9.76. The summed E-state index contributed by atoms with van der Waals surface area (Å²) in [5.74, 6) is -0.188. The first kappa shape index (κ1) is 21.7. The molecule has 0 aromatic heterocycles. The first-order chi connectivity index (χ1) is 11.7. The third kappa shape index (κ3) is 8.52. The molecule has 0 aromatic rings. The molecule has 1 fully saturated rings. The number of carbonyl (C=O) groups is 1. The Labute approximate surface area is 152 Å². The quantitative estimate of drug-likeness (QED) is 0.462. The van der Waals surface area contributed by atoms with Crippen molar-refractivity contribution in [3.63, 3.8) is 0 Å². The van der Waals surface area contributed by atoms with Crippen molar-refractivity contribution in [1.29, 1.82) is 0 Å². The van der Waals surface area contributed by atoms with Crippen molar-refractivity contribution in [3.05, 3.63) is 24.1 Å². The predicted octanol–water partition coefficient (Wildman–Crippen LogP) is 5.25. The van der Waals surface area contributed by atoms with E-state index in [1.807, 2.05) is 31.7 Å². The Balaban J connectivity index is 2.62. The summed E-state index contributed by atoms with van der Waals surface area (Å²) in [6.07, 6.45) is 9.83. The number of rotatable bonds is 7. The molecule has 1 atom stereocenters. The second-order valence-electron chi connectivity index (χ2n) is 8.01. The molecule has 1 unspecified atom stereocenters. The lowest BCUT2D eigenvalue weighted by Gasteiger charge is -2.42. The zero-order valence-electron chi connectivity index (χ0n) is 16.4. The molecule has 0 aliphatic carbocycles. The van der Waals surface area contributed by atoms with Crippen LogP contribution in [0.5, 0.6) is 0 Å². The number of ether oxygens (including phenoxy) is 2. The van der Waals surface area contributed by atoms with E-state index in [1.165, 1.54) is 13.0 Å². The molecule has 0 aromatic carbocycles. The molecule has 0 bridgehead atoms. The van der Waals surface area contributed by atoms with Crippen LogP contribution < -0.4 is 0 Å². The molecule has 25 heavy (non-hydrogen) atoms. The molecule has 1 aliphatic rings. The predicted molar refractivity (Wildman–Crippen MR) is 99.2 cm³/mol. The van der Waals surface area contributed by atoms with Crippen LogP contribution in [0.1, 0.15) is 59.8 Å². The molecule has 0 radical (unpaired) electrons. The number of unbranched alkanes of at least 4 members (excludes halogenated alkanes) is 1. The summed E-state index contributed by atoms with van der Waals surface area (Å²) in [6, 6.07) is 0. The molecule has 4 nitrogen and oxygen atoms in total. The number of likely N-dealkylation sites (tertiary alicyclic amines) is 1. The second kappa shape index (κ2) is 9.95. The van der Waals surface area contributed by atoms with Gasteiger partial charge < -0.3 is 14.4 Å². The number of amides is 1. The number of methoxy groups -OCH3 is 1. The molecule has 0 N–H and O–H groups in total. The standard InChI is InChI=1S/C20H34FNO3/c1-17(21)11-8-6-7-9-12-20(16-24-5)13-10-14-22(15-20)18(23)25-19(2,3)4/h6,8,11H,7,9-10,12-16H2,1-5H3. The first-order valence-corrected chi connectivity index (χ1v) is 9.13. The summed E-state index contributed by atoms with van der Waals surface area (Å²) in [5.41, 5.74) is -0.505. The van der Waals surface area contributed by atoms with Gasteiger partial charge in [0.2, 0.25) is 0 Å². The lowest BCUT2D eigenvalue weighted by molar-refractivity contribution is -0.0194. The Morgan fingerprint density at radius 2 is 2.08 bits per heavy atom. The lowest BCUT2D eigenvalue weighted by Crippen LogP contribution is -2.49. The molecule has 1 saturated heterocycles. The van der Waals surface area contributed by atoms with Crippen LogP contribution in [0.15, 0.2) is 24.1 Å². The highest BCUT2D eigenvalue weighted by Gasteiger charge is 2.38. The van der Waals surface area contributed by atoms with Gasteiger partial charge in [-0.2, -0.15) is 0 Å². The van der Waals surface area contributed by atoms with Crippen LogP contribution in [0.25, 0.3) is 0 Å². The van der Waals surface area contributed by atoms with E-state index in [-0.39, 0.29) is 17.3 Å². The van der Waals surface area contributed by atoms with Crippen molar-refractivity contribution in [3.8, 4) is 0 Å². The number of allylic oxidation sites excluding steroid dienone is 4. The van der Waals surface area contributed by atoms with Crippen LogP contribution in [0.4, 0.5) is 9.18 Å². The van der Waals surface area contributed by atoms with Crippen molar-refractivity contribution in [2.45, 2.75) is 65.4 Å². The van der Waals surface area contributed by atoms with E-state index in [9.17, 15) is 9.18 Å². The van der Waals surface area contributed by atoms with Crippen molar-refractivity contribution in [2.75, 3.05) is 26.8 Å². The zero-order valence-corrected chi connectivity index (χ0v) is 16.4. The average Bonchev–Trinajstić information content (AvgIpc) is 2.49. The summed E-state index contributed by atoms with van der Waals surface area (Å²) < 4.78 is 23.6. The molecule has 1 heterocycles. The Kier molecular flexibility index (Phi) is 8.63. The molecule has 144 valence electrons. The van der Waals surface area contributed by atoms with Crippen molar-refractivity contribution < 1.29 is 18.7 Å². The van der Waals surface area contributed by atoms with E-state index in [0.717, 1.165) is 38.6 Å². The number of hydrogen-bond acceptors (Lipinski definition) is 3. The van der Waals surface area contributed by atoms with Gasteiger partial charge in [0.1, 0.15) is 5.60 Å². The maximum absolute atomic E-state index is 12.6. The van der Waals surface area contributed by atoms with E-state index in [4.69, 9.17) is 9.47 Å². The summed E-state index contributed by atoms with van der Waals surface area (Å²) in [4.78, 5) is 14.2. The average molecular weight is 355 g/mol. The minimum absolute atomic E-state index is 0.0242. The molecule has 1 aliphatic heterocycles. The third-order valence-electron chi connectivity index (χ3n) is 4.30. The summed E-state index contributed by atoms with van der Waals surface area (Å²) in [5, 5.41) is 0. The van der Waals surface area contributed by atoms with Crippen molar-refractivity contribution in [1.82, 2.24) is 4.90 Å². The largest absolute Gasteiger partial charge is 0.444 e. The summed E-state index contributed by atoms with van der Waals surface area (Å²) >= 11 is 0. The van der Waals surface area contributed by atoms with Gasteiger partial charge in [-0.15, -0.1) is 0 Å². The summed E-state index contributed by atoms with van der Waals surface area (Å²) in [6.45, 7) is 9.14. The topological polar surface area (TPSA) is 38.8 Å². The summed E-state index contributed by atoms with van der Waals surface area (Å²) in [7, 11) is 1.71. The van der Waals surface area contributed by atoms with E-state index in [0.29, 0.717) is 13.2 Å². The van der Waals surface area contributed by atoms with Crippen molar-refractivity contribution >= 4 is 6.09 Å². The Morgan fingerprint density at radius 3 is 2.68 bits per heavy atom. The van der Waals surface area contributed by atoms with Crippen LogP contribution in [-0.2, 0) is 9.47 Å². The minimum atomic E-state index is -0.481. The monoisotopic (exact) mass is 355 g/mol. The second-order valence-corrected chi connectivity index (χ2v) is 8.01. The van der Waals surface area contributed by atoms with Crippen LogP contribution in [0, 0.1) is 5.41 Å². The fourth-order valence-corrected chi connectivity index (χ4v) is 3.28. The van der Waals surface area contributed by atoms with E-state index in [2.05, 4.69) is 0 Å².